The normalized spacial score (nSPS) is 15.1. The molecule has 1 aromatic rings. The summed E-state index contributed by atoms with van der Waals surface area (Å²) in [6, 6.07) is 6.34. The van der Waals surface area contributed by atoms with E-state index in [1.54, 1.807) is 18.2 Å². The molecule has 0 saturated carbocycles. The van der Waals surface area contributed by atoms with Crippen molar-refractivity contribution in [2.24, 2.45) is 0 Å². The Morgan fingerprint density at radius 2 is 2.08 bits per heavy atom. The van der Waals surface area contributed by atoms with Gasteiger partial charge in [0.1, 0.15) is 0 Å². The summed E-state index contributed by atoms with van der Waals surface area (Å²) in [6.07, 6.45) is 0. The first-order valence-corrected chi connectivity index (χ1v) is 5.37. The van der Waals surface area contributed by atoms with Gasteiger partial charge in [0.2, 0.25) is 0 Å². The third-order valence-corrected chi connectivity index (χ3v) is 1.71. The van der Waals surface area contributed by atoms with Crippen molar-refractivity contribution in [1.29, 1.82) is 0 Å². The van der Waals surface area contributed by atoms with Gasteiger partial charge in [-0.05, 0) is 12.1 Å². The van der Waals surface area contributed by atoms with Gasteiger partial charge in [-0.3, -0.25) is 4.55 Å². The first-order valence-electron chi connectivity index (χ1n) is 3.00. The van der Waals surface area contributed by atoms with Crippen LogP contribution >= 0.6 is 0 Å². The summed E-state index contributed by atoms with van der Waals surface area (Å²) in [5.74, 6) is 0.125. The Balaban J connectivity index is 2.98. The van der Waals surface area contributed by atoms with Crippen LogP contribution in [-0.4, -0.2) is 8.76 Å². The fraction of sp³-hybridized carbons (Fsp3) is 0. The van der Waals surface area contributed by atoms with E-state index in [2.05, 4.69) is 15.4 Å². The number of anilines is 1. The molecule has 0 fully saturated rings. The van der Waals surface area contributed by atoms with Crippen LogP contribution in [0.15, 0.2) is 24.3 Å². The average Bonchev–Trinajstić information content (AvgIpc) is 1.91. The predicted molar refractivity (Wildman–Crippen MR) is 49.6 cm³/mol. The summed E-state index contributed by atoms with van der Waals surface area (Å²) in [7, 11) is -3.65. The second-order valence-corrected chi connectivity index (χ2v) is 4.33. The van der Waals surface area contributed by atoms with Gasteiger partial charge >= 0.3 is 9.05 Å². The number of para-hydroxylation sites is 2. The van der Waals surface area contributed by atoms with Gasteiger partial charge < -0.3 is 9.92 Å². The molecule has 4 nitrogen and oxygen atoms in total. The smallest absolute Gasteiger partial charge is 0.311 e. The summed E-state index contributed by atoms with van der Waals surface area (Å²) in [6.45, 7) is 0. The minimum absolute atomic E-state index is 0.125. The zero-order valence-corrected chi connectivity index (χ0v) is 7.60. The molecular formula is C6H7NO3S2. The third-order valence-electron chi connectivity index (χ3n) is 1.11. The topological polar surface area (TPSA) is 72.5 Å². The zero-order valence-electron chi connectivity index (χ0n) is 5.97. The molecule has 1 unspecified atom stereocenters. The van der Waals surface area contributed by atoms with Crippen molar-refractivity contribution in [3.05, 3.63) is 24.3 Å². The molecule has 0 radical (unpaired) electrons. The van der Waals surface area contributed by atoms with Crippen LogP contribution in [0.2, 0.25) is 0 Å². The minimum atomic E-state index is -3.65. The van der Waals surface area contributed by atoms with Crippen LogP contribution in [0.1, 0.15) is 0 Å². The Kier molecular flexibility index (Phi) is 2.51. The Labute approximate surface area is 75.0 Å². The molecule has 0 amide bonds. The third kappa shape index (κ3) is 2.65. The predicted octanol–water partition coefficient (Wildman–Crippen LogP) is 0.782. The van der Waals surface area contributed by atoms with E-state index in [-0.39, 0.29) is 11.4 Å². The molecule has 66 valence electrons. The molecule has 0 aliphatic carbocycles. The minimum Gasteiger partial charge on any atom is -0.396 e. The molecule has 1 aromatic carbocycles. The fourth-order valence-electron chi connectivity index (χ4n) is 0.670. The second kappa shape index (κ2) is 3.26. The number of hydrogen-bond acceptors (Lipinski definition) is 4. The van der Waals surface area contributed by atoms with E-state index >= 15 is 0 Å². The van der Waals surface area contributed by atoms with Crippen LogP contribution in [0.25, 0.3) is 0 Å². The van der Waals surface area contributed by atoms with Crippen molar-refractivity contribution >= 4 is 25.9 Å². The summed E-state index contributed by atoms with van der Waals surface area (Å²) in [5.41, 5.74) is 5.70. The van der Waals surface area contributed by atoms with Gasteiger partial charge in [-0.25, -0.2) is 0 Å². The van der Waals surface area contributed by atoms with E-state index < -0.39 is 9.05 Å². The molecule has 1 rings (SSSR count). The van der Waals surface area contributed by atoms with Crippen molar-refractivity contribution in [1.82, 2.24) is 0 Å². The molecule has 0 heterocycles. The van der Waals surface area contributed by atoms with Crippen LogP contribution in [-0.2, 0) is 20.2 Å². The number of hydrogen-bond donors (Lipinski definition) is 2. The maximum Gasteiger partial charge on any atom is 0.311 e. The Morgan fingerprint density at radius 3 is 2.58 bits per heavy atom. The van der Waals surface area contributed by atoms with E-state index in [1.807, 2.05) is 0 Å². The molecule has 0 aromatic heterocycles. The van der Waals surface area contributed by atoms with Crippen LogP contribution in [0.3, 0.4) is 0 Å². The molecule has 1 atom stereocenters. The lowest BCUT2D eigenvalue weighted by atomic mass is 10.3. The first-order chi connectivity index (χ1) is 5.49. The molecule has 0 saturated heterocycles. The first kappa shape index (κ1) is 9.24. The van der Waals surface area contributed by atoms with Gasteiger partial charge in [0.25, 0.3) is 0 Å². The van der Waals surface area contributed by atoms with Gasteiger partial charge in [0, 0.05) is 0 Å². The second-order valence-electron chi connectivity index (χ2n) is 2.05. The van der Waals surface area contributed by atoms with Crippen LogP contribution in [0.4, 0.5) is 5.69 Å². The molecule has 0 spiro atoms. The van der Waals surface area contributed by atoms with Crippen LogP contribution < -0.4 is 9.92 Å². The van der Waals surface area contributed by atoms with Gasteiger partial charge in [-0.15, -0.1) is 0 Å². The molecule has 12 heavy (non-hydrogen) atoms. The quantitative estimate of drug-likeness (QED) is 0.698. The molecule has 0 aliphatic heterocycles. The van der Waals surface area contributed by atoms with E-state index in [4.69, 9.17) is 10.3 Å². The Hall–Kier alpha value is -0.850. The number of rotatable bonds is 2. The van der Waals surface area contributed by atoms with Crippen molar-refractivity contribution in [2.45, 2.75) is 0 Å². The van der Waals surface area contributed by atoms with Crippen molar-refractivity contribution in [3.63, 3.8) is 0 Å². The Morgan fingerprint density at radius 1 is 1.50 bits per heavy atom. The van der Waals surface area contributed by atoms with Crippen molar-refractivity contribution in [3.8, 4) is 5.75 Å². The average molecular weight is 205 g/mol. The lowest BCUT2D eigenvalue weighted by Crippen LogP contribution is -2.06. The van der Waals surface area contributed by atoms with Crippen LogP contribution in [0.5, 0.6) is 5.75 Å². The van der Waals surface area contributed by atoms with Gasteiger partial charge in [0.15, 0.2) is 5.75 Å². The van der Waals surface area contributed by atoms with Gasteiger partial charge in [0.05, 0.1) is 16.9 Å². The van der Waals surface area contributed by atoms with E-state index in [0.717, 1.165) is 0 Å². The summed E-state index contributed by atoms with van der Waals surface area (Å²) in [5, 5.41) is 0. The monoisotopic (exact) mass is 205 g/mol. The summed E-state index contributed by atoms with van der Waals surface area (Å²) >= 11 is 4.13. The summed E-state index contributed by atoms with van der Waals surface area (Å²) in [4.78, 5) is 0. The highest BCUT2D eigenvalue weighted by molar-refractivity contribution is 8.27. The lowest BCUT2D eigenvalue weighted by Gasteiger charge is -2.05. The highest BCUT2D eigenvalue weighted by Crippen LogP contribution is 2.20. The maximum absolute atomic E-state index is 10.6. The molecule has 6 heteroatoms. The number of nitrogen functional groups attached to an aromatic ring is 1. The maximum atomic E-state index is 10.6. The Bertz CT molecular complexity index is 374. The van der Waals surface area contributed by atoms with E-state index in [9.17, 15) is 4.21 Å². The van der Waals surface area contributed by atoms with Crippen LogP contribution in [0, 0.1) is 0 Å². The fourth-order valence-corrected chi connectivity index (χ4v) is 1.27. The van der Waals surface area contributed by atoms with Crippen molar-refractivity contribution in [2.75, 3.05) is 5.73 Å². The number of benzene rings is 1. The molecular weight excluding hydrogens is 198 g/mol. The largest absolute Gasteiger partial charge is 0.396 e. The summed E-state index contributed by atoms with van der Waals surface area (Å²) < 4.78 is 23.8. The lowest BCUT2D eigenvalue weighted by molar-refractivity contribution is 0.455. The van der Waals surface area contributed by atoms with Crippen molar-refractivity contribution < 1.29 is 12.9 Å². The molecule has 0 aliphatic rings. The zero-order chi connectivity index (χ0) is 9.19. The SMILES string of the molecule is Nc1ccccc1OS(=O)(O)=S. The van der Waals surface area contributed by atoms with E-state index in [1.165, 1.54) is 6.07 Å². The molecule has 0 bridgehead atoms. The van der Waals surface area contributed by atoms with E-state index in [0.29, 0.717) is 0 Å². The highest BCUT2D eigenvalue weighted by atomic mass is 32.9. The highest BCUT2D eigenvalue weighted by Gasteiger charge is 2.04. The van der Waals surface area contributed by atoms with Gasteiger partial charge in [-0.1, -0.05) is 12.1 Å². The number of nitrogens with two attached hydrogens (primary N) is 1. The standard InChI is InChI=1S/C6H7NO3S2/c7-5-3-1-2-4-6(5)10-12(8,9)11/h1-4H,7H2,(H,8,9,11). The van der Waals surface area contributed by atoms with Gasteiger partial charge in [-0.2, -0.15) is 4.21 Å². The molecule has 3 N–H and O–H groups in total.